The normalized spacial score (nSPS) is 21.7. The van der Waals surface area contributed by atoms with Crippen molar-refractivity contribution in [3.8, 4) is 0 Å². The second kappa shape index (κ2) is 6.51. The van der Waals surface area contributed by atoms with E-state index in [4.69, 9.17) is 14.5 Å². The number of hydrogen-bond acceptors (Lipinski definition) is 5. The maximum Gasteiger partial charge on any atom is 0.0942 e. The zero-order valence-corrected chi connectivity index (χ0v) is 14.4. The number of para-hydroxylation sites is 2. The summed E-state index contributed by atoms with van der Waals surface area (Å²) in [5.41, 5.74) is 3.76. The molecule has 124 valence electrons. The van der Waals surface area contributed by atoms with Gasteiger partial charge < -0.3 is 9.47 Å². The monoisotopic (exact) mass is 315 g/mol. The highest BCUT2D eigenvalue weighted by atomic mass is 16.5. The number of hydrogen-bond donors (Lipinski definition) is 0. The molecule has 1 fully saturated rings. The van der Waals surface area contributed by atoms with E-state index in [1.807, 2.05) is 31.2 Å². The minimum Gasteiger partial charge on any atom is -0.382 e. The first-order valence-electron chi connectivity index (χ1n) is 8.08. The van der Waals surface area contributed by atoms with Gasteiger partial charge in [-0.1, -0.05) is 12.1 Å². The zero-order valence-electron chi connectivity index (χ0n) is 14.4. The molecule has 0 amide bonds. The summed E-state index contributed by atoms with van der Waals surface area (Å²) < 4.78 is 11.4. The summed E-state index contributed by atoms with van der Waals surface area (Å²) in [6, 6.07) is 8.02. The number of rotatable bonds is 4. The quantitative estimate of drug-likeness (QED) is 0.868. The molecule has 1 aromatic heterocycles. The van der Waals surface area contributed by atoms with Gasteiger partial charge in [-0.3, -0.25) is 4.90 Å². The van der Waals surface area contributed by atoms with Crippen molar-refractivity contribution < 1.29 is 9.47 Å². The molecule has 5 heteroatoms. The molecule has 5 nitrogen and oxygen atoms in total. The third-order valence-electron chi connectivity index (χ3n) is 4.12. The summed E-state index contributed by atoms with van der Waals surface area (Å²) >= 11 is 0. The molecule has 0 N–H and O–H groups in total. The highest BCUT2D eigenvalue weighted by molar-refractivity contribution is 5.74. The molecule has 3 rings (SSSR count). The van der Waals surface area contributed by atoms with Crippen LogP contribution in [-0.2, 0) is 16.0 Å². The molecule has 0 spiro atoms. The fraction of sp³-hybridized carbons (Fsp3) is 0.556. The highest BCUT2D eigenvalue weighted by Gasteiger charge is 2.33. The molecular weight excluding hydrogens is 290 g/mol. The van der Waals surface area contributed by atoms with Crippen LogP contribution in [0.15, 0.2) is 24.3 Å². The Kier molecular flexibility index (Phi) is 4.62. The van der Waals surface area contributed by atoms with Crippen molar-refractivity contribution in [3.05, 3.63) is 35.7 Å². The van der Waals surface area contributed by atoms with Crippen LogP contribution < -0.4 is 0 Å². The fourth-order valence-electron chi connectivity index (χ4n) is 3.30. The van der Waals surface area contributed by atoms with Crippen LogP contribution >= 0.6 is 0 Å². The van der Waals surface area contributed by atoms with E-state index < -0.39 is 0 Å². The van der Waals surface area contributed by atoms with Crippen LogP contribution in [0.3, 0.4) is 0 Å². The molecule has 0 saturated carbocycles. The van der Waals surface area contributed by atoms with Gasteiger partial charge in [0.15, 0.2) is 0 Å². The van der Waals surface area contributed by atoms with Crippen molar-refractivity contribution >= 4 is 11.0 Å². The standard InChI is InChI=1S/C18H25N3O2/c1-13-17(20-16-8-6-5-7-15(16)19-13)10-21-9-14(11-22-4)23-18(2,3)12-21/h5-8,14H,9-12H2,1-4H3/t14-/m1/s1. The first kappa shape index (κ1) is 16.3. The minimum absolute atomic E-state index is 0.0949. The summed E-state index contributed by atoms with van der Waals surface area (Å²) in [6.07, 6.45) is 0.0949. The van der Waals surface area contributed by atoms with Crippen LogP contribution in [0, 0.1) is 6.92 Å². The maximum absolute atomic E-state index is 6.08. The Bertz CT molecular complexity index is 687. The third kappa shape index (κ3) is 3.86. The van der Waals surface area contributed by atoms with Gasteiger partial charge in [-0.15, -0.1) is 0 Å². The topological polar surface area (TPSA) is 47.5 Å². The van der Waals surface area contributed by atoms with E-state index in [1.54, 1.807) is 7.11 Å². The van der Waals surface area contributed by atoms with E-state index in [-0.39, 0.29) is 11.7 Å². The van der Waals surface area contributed by atoms with E-state index in [0.29, 0.717) is 6.61 Å². The number of aryl methyl sites for hydroxylation is 1. The van der Waals surface area contributed by atoms with Gasteiger partial charge in [-0.25, -0.2) is 9.97 Å². The van der Waals surface area contributed by atoms with Gasteiger partial charge in [0.2, 0.25) is 0 Å². The highest BCUT2D eigenvalue weighted by Crippen LogP contribution is 2.23. The smallest absolute Gasteiger partial charge is 0.0942 e. The first-order valence-corrected chi connectivity index (χ1v) is 8.08. The van der Waals surface area contributed by atoms with Gasteiger partial charge in [0.05, 0.1) is 40.7 Å². The Balaban J connectivity index is 1.81. The van der Waals surface area contributed by atoms with Crippen LogP contribution in [0.2, 0.25) is 0 Å². The molecule has 0 bridgehead atoms. The molecule has 0 unspecified atom stereocenters. The Morgan fingerprint density at radius 3 is 2.65 bits per heavy atom. The van der Waals surface area contributed by atoms with E-state index in [2.05, 4.69) is 23.7 Å². The molecule has 23 heavy (non-hydrogen) atoms. The number of benzene rings is 1. The Morgan fingerprint density at radius 1 is 1.26 bits per heavy atom. The summed E-state index contributed by atoms with van der Waals surface area (Å²) in [4.78, 5) is 11.9. The lowest BCUT2D eigenvalue weighted by Gasteiger charge is -2.42. The van der Waals surface area contributed by atoms with E-state index in [9.17, 15) is 0 Å². The number of nitrogens with zero attached hydrogens (tertiary/aromatic N) is 3. The number of ether oxygens (including phenoxy) is 2. The molecule has 1 saturated heterocycles. The summed E-state index contributed by atoms with van der Waals surface area (Å²) in [7, 11) is 1.72. The molecule has 1 atom stereocenters. The summed E-state index contributed by atoms with van der Waals surface area (Å²) in [5.74, 6) is 0. The lowest BCUT2D eigenvalue weighted by Crippen LogP contribution is -2.53. The van der Waals surface area contributed by atoms with Crippen molar-refractivity contribution in [2.24, 2.45) is 0 Å². The van der Waals surface area contributed by atoms with Crippen molar-refractivity contribution in [2.45, 2.75) is 39.0 Å². The van der Waals surface area contributed by atoms with Gasteiger partial charge in [0.25, 0.3) is 0 Å². The molecule has 1 aliphatic rings. The number of methoxy groups -OCH3 is 1. The average Bonchev–Trinajstić information content (AvgIpc) is 2.46. The van der Waals surface area contributed by atoms with Gasteiger partial charge in [0.1, 0.15) is 0 Å². The fourth-order valence-corrected chi connectivity index (χ4v) is 3.30. The van der Waals surface area contributed by atoms with Gasteiger partial charge in [-0.2, -0.15) is 0 Å². The Labute approximate surface area is 137 Å². The predicted octanol–water partition coefficient (Wildman–Crippen LogP) is 2.56. The van der Waals surface area contributed by atoms with Crippen LogP contribution in [0.1, 0.15) is 25.2 Å². The number of morpholine rings is 1. The molecule has 2 heterocycles. The average molecular weight is 315 g/mol. The summed E-state index contributed by atoms with van der Waals surface area (Å²) in [5, 5.41) is 0. The molecule has 0 aliphatic carbocycles. The van der Waals surface area contributed by atoms with Gasteiger partial charge in [-0.05, 0) is 32.9 Å². The van der Waals surface area contributed by atoms with E-state index in [1.165, 1.54) is 0 Å². The molecule has 1 aromatic carbocycles. The van der Waals surface area contributed by atoms with Crippen molar-refractivity contribution in [3.63, 3.8) is 0 Å². The van der Waals surface area contributed by atoms with Crippen molar-refractivity contribution in [1.29, 1.82) is 0 Å². The molecular formula is C18H25N3O2. The predicted molar refractivity (Wildman–Crippen MR) is 90.4 cm³/mol. The molecule has 2 aromatic rings. The van der Waals surface area contributed by atoms with Crippen molar-refractivity contribution in [1.82, 2.24) is 14.9 Å². The largest absolute Gasteiger partial charge is 0.382 e. The lowest BCUT2D eigenvalue weighted by molar-refractivity contribution is -0.154. The van der Waals surface area contributed by atoms with E-state index in [0.717, 1.165) is 42.1 Å². The van der Waals surface area contributed by atoms with Crippen molar-refractivity contribution in [2.75, 3.05) is 26.8 Å². The Hall–Kier alpha value is -1.56. The maximum atomic E-state index is 6.08. The zero-order chi connectivity index (χ0) is 16.4. The lowest BCUT2D eigenvalue weighted by atomic mass is 10.0. The SMILES string of the molecule is COC[C@H]1CN(Cc2nc3ccccc3nc2C)CC(C)(C)O1. The van der Waals surface area contributed by atoms with Crippen LogP contribution in [-0.4, -0.2) is 53.4 Å². The second-order valence-corrected chi connectivity index (χ2v) is 6.87. The summed E-state index contributed by atoms with van der Waals surface area (Å²) in [6.45, 7) is 9.42. The minimum atomic E-state index is -0.181. The Morgan fingerprint density at radius 2 is 1.96 bits per heavy atom. The number of aromatic nitrogens is 2. The van der Waals surface area contributed by atoms with E-state index >= 15 is 0 Å². The van der Waals surface area contributed by atoms with Gasteiger partial charge >= 0.3 is 0 Å². The second-order valence-electron chi connectivity index (χ2n) is 6.87. The van der Waals surface area contributed by atoms with Crippen LogP contribution in [0.25, 0.3) is 11.0 Å². The van der Waals surface area contributed by atoms with Crippen LogP contribution in [0.4, 0.5) is 0 Å². The van der Waals surface area contributed by atoms with Crippen LogP contribution in [0.5, 0.6) is 0 Å². The molecule has 0 radical (unpaired) electrons. The first-order chi connectivity index (χ1) is 11.0. The van der Waals surface area contributed by atoms with Gasteiger partial charge in [0, 0.05) is 26.7 Å². The number of fused-ring (bicyclic) bond motifs is 1. The third-order valence-corrected chi connectivity index (χ3v) is 4.12. The molecule has 1 aliphatic heterocycles.